The zero-order valence-electron chi connectivity index (χ0n) is 17.4. The van der Waals surface area contributed by atoms with Gasteiger partial charge in [0, 0.05) is 22.0 Å². The molecule has 1 fully saturated rings. The fraction of sp³-hybridized carbons (Fsp3) is 0.364. The Labute approximate surface area is 190 Å². The number of aromatic amines is 1. The van der Waals surface area contributed by atoms with Crippen LogP contribution >= 0.6 is 0 Å². The number of H-pyrrole nitrogens is 1. The number of aliphatic hydroxyl groups is 1. The molecule has 1 aromatic heterocycles. The van der Waals surface area contributed by atoms with Gasteiger partial charge in [-0.05, 0) is 67.9 Å². The third-order valence-electron chi connectivity index (χ3n) is 5.31. The average Bonchev–Trinajstić information content (AvgIpc) is 3.38. The third kappa shape index (κ3) is 6.27. The zero-order valence-corrected chi connectivity index (χ0v) is 18.3. The Kier molecular flexibility index (Phi) is 8.25. The maximum Gasteiger partial charge on any atom is 0.342 e. The first-order valence-corrected chi connectivity index (χ1v) is 11.5. The normalized spacial score (nSPS) is 15.7. The summed E-state index contributed by atoms with van der Waals surface area (Å²) in [5.74, 6) is 0.000623. The predicted molar refractivity (Wildman–Crippen MR) is 122 cm³/mol. The molecule has 0 saturated carbocycles. The molecule has 0 spiro atoms. The highest BCUT2D eigenvalue weighted by Gasteiger charge is 2.28. The summed E-state index contributed by atoms with van der Waals surface area (Å²) in [4.78, 5) is 6.19. The van der Waals surface area contributed by atoms with Gasteiger partial charge in [0.25, 0.3) is 0 Å². The van der Waals surface area contributed by atoms with Gasteiger partial charge in [0.1, 0.15) is 5.82 Å². The van der Waals surface area contributed by atoms with Crippen LogP contribution in [0.15, 0.2) is 53.6 Å². The lowest BCUT2D eigenvalue weighted by Gasteiger charge is -2.31. The van der Waals surface area contributed by atoms with Crippen molar-refractivity contribution in [3.8, 4) is 0 Å². The standard InChI is InChI=1S/C21H21B2FN2OS.CH2F2O/c22-21(23,14-26-10-1-2-11-26)17-12-25-18-4-3-5-19(20(17)18)28(27)13-15-6-8-16(24)9-7-15;2-1(3)4/h3-9,12,25H,1-2,10-11,13-14H2;1,4H. The fourth-order valence-corrected chi connectivity index (χ4v) is 5.24. The van der Waals surface area contributed by atoms with Gasteiger partial charge in [-0.2, -0.15) is 8.78 Å². The summed E-state index contributed by atoms with van der Waals surface area (Å²) in [6.07, 6.45) is 4.16. The molecular formula is C22H23B2F3N2O2S. The Morgan fingerprint density at radius 3 is 2.38 bits per heavy atom. The molecule has 1 saturated heterocycles. The molecule has 3 aromatic rings. The van der Waals surface area contributed by atoms with Crippen molar-refractivity contribution in [2.75, 3.05) is 19.6 Å². The third-order valence-corrected chi connectivity index (χ3v) is 6.74. The van der Waals surface area contributed by atoms with E-state index in [-0.39, 0.29) is 5.82 Å². The van der Waals surface area contributed by atoms with Gasteiger partial charge < -0.3 is 15.0 Å². The molecule has 10 heteroatoms. The van der Waals surface area contributed by atoms with Crippen LogP contribution in [0.1, 0.15) is 24.0 Å². The molecule has 2 heterocycles. The van der Waals surface area contributed by atoms with E-state index >= 15 is 0 Å². The summed E-state index contributed by atoms with van der Waals surface area (Å²) in [5.41, 5.74) is 2.46. The topological polar surface area (TPSA) is 56.3 Å². The fourth-order valence-electron chi connectivity index (χ4n) is 3.91. The number of alkyl halides is 2. The number of hydrogen-bond acceptors (Lipinski definition) is 3. The van der Waals surface area contributed by atoms with E-state index in [9.17, 15) is 17.4 Å². The van der Waals surface area contributed by atoms with Crippen LogP contribution < -0.4 is 0 Å². The van der Waals surface area contributed by atoms with Crippen LogP contribution in [-0.4, -0.2) is 61.1 Å². The van der Waals surface area contributed by atoms with Gasteiger partial charge in [0.15, 0.2) is 0 Å². The zero-order chi connectivity index (χ0) is 23.3. The summed E-state index contributed by atoms with van der Waals surface area (Å²) in [6.45, 7) is -0.609. The van der Waals surface area contributed by atoms with Crippen LogP contribution in [0.4, 0.5) is 13.2 Å². The largest absolute Gasteiger partial charge is 0.361 e. The first kappa shape index (κ1) is 24.6. The van der Waals surface area contributed by atoms with E-state index in [0.29, 0.717) is 17.2 Å². The molecule has 32 heavy (non-hydrogen) atoms. The monoisotopic (exact) mass is 458 g/mol. The molecule has 1 aliphatic heterocycles. The number of likely N-dealkylation sites (tertiary alicyclic amines) is 1. The van der Waals surface area contributed by atoms with Gasteiger partial charge in [-0.1, -0.05) is 23.4 Å². The number of aliphatic hydroxyl groups excluding tert-OH is 1. The molecule has 1 unspecified atom stereocenters. The molecule has 1 aliphatic rings. The highest BCUT2D eigenvalue weighted by Crippen LogP contribution is 2.33. The lowest BCUT2D eigenvalue weighted by Crippen LogP contribution is -2.40. The van der Waals surface area contributed by atoms with E-state index in [0.717, 1.165) is 48.0 Å². The number of nitrogens with one attached hydrogen (secondary N) is 1. The quantitative estimate of drug-likeness (QED) is 0.558. The van der Waals surface area contributed by atoms with Crippen molar-refractivity contribution in [1.82, 2.24) is 9.88 Å². The van der Waals surface area contributed by atoms with Crippen molar-refractivity contribution in [3.63, 3.8) is 0 Å². The number of rotatable bonds is 6. The van der Waals surface area contributed by atoms with Crippen molar-refractivity contribution in [3.05, 3.63) is 65.6 Å². The highest BCUT2D eigenvalue weighted by molar-refractivity contribution is 7.84. The van der Waals surface area contributed by atoms with Gasteiger partial charge >= 0.3 is 6.61 Å². The minimum Gasteiger partial charge on any atom is -0.361 e. The van der Waals surface area contributed by atoms with Gasteiger partial charge in [0.05, 0.1) is 32.2 Å². The van der Waals surface area contributed by atoms with E-state index in [1.807, 2.05) is 24.4 Å². The summed E-state index contributed by atoms with van der Waals surface area (Å²) >= 11 is 0. The van der Waals surface area contributed by atoms with Crippen LogP contribution in [0.2, 0.25) is 0 Å². The number of benzene rings is 2. The second-order valence-corrected chi connectivity index (χ2v) is 9.22. The van der Waals surface area contributed by atoms with E-state index in [1.165, 1.54) is 12.1 Å². The smallest absolute Gasteiger partial charge is 0.342 e. The molecule has 0 aliphatic carbocycles. The van der Waals surface area contributed by atoms with E-state index in [1.54, 1.807) is 12.1 Å². The van der Waals surface area contributed by atoms with Crippen LogP contribution in [0.5, 0.6) is 0 Å². The Balaban J connectivity index is 0.000000668. The van der Waals surface area contributed by atoms with Crippen molar-refractivity contribution < 1.29 is 22.5 Å². The average molecular weight is 458 g/mol. The maximum absolute atomic E-state index is 13.2. The molecule has 2 N–H and O–H groups in total. The van der Waals surface area contributed by atoms with Crippen molar-refractivity contribution in [2.45, 2.75) is 35.3 Å². The molecule has 1 atom stereocenters. The Morgan fingerprint density at radius 1 is 1.12 bits per heavy atom. The Morgan fingerprint density at radius 2 is 1.75 bits per heavy atom. The molecule has 0 bridgehead atoms. The molecule has 4 radical (unpaired) electrons. The van der Waals surface area contributed by atoms with Gasteiger partial charge in [-0.15, -0.1) is 0 Å². The van der Waals surface area contributed by atoms with Crippen LogP contribution in [0.3, 0.4) is 0 Å². The lowest BCUT2D eigenvalue weighted by atomic mass is 9.50. The maximum atomic E-state index is 13.2. The first-order valence-electron chi connectivity index (χ1n) is 10.2. The van der Waals surface area contributed by atoms with E-state index in [2.05, 4.69) is 9.88 Å². The van der Waals surface area contributed by atoms with Crippen LogP contribution in [-0.2, 0) is 21.8 Å². The molecular weight excluding hydrogens is 435 g/mol. The Hall–Kier alpha value is -2.03. The molecule has 166 valence electrons. The lowest BCUT2D eigenvalue weighted by molar-refractivity contribution is -0.0728. The van der Waals surface area contributed by atoms with Crippen molar-refractivity contribution in [1.29, 1.82) is 0 Å². The van der Waals surface area contributed by atoms with E-state index in [4.69, 9.17) is 20.8 Å². The number of hydrogen-bond donors (Lipinski definition) is 2. The summed E-state index contributed by atoms with van der Waals surface area (Å²) in [5, 5.41) is 6.51. The first-order chi connectivity index (χ1) is 15.2. The van der Waals surface area contributed by atoms with Crippen LogP contribution in [0.25, 0.3) is 10.9 Å². The molecule has 4 rings (SSSR count). The number of halogens is 3. The van der Waals surface area contributed by atoms with Crippen molar-refractivity contribution >= 4 is 37.4 Å². The summed E-state index contributed by atoms with van der Waals surface area (Å²) < 4.78 is 46.1. The van der Waals surface area contributed by atoms with Crippen LogP contribution in [0, 0.1) is 5.82 Å². The second-order valence-electron chi connectivity index (χ2n) is 7.80. The molecule has 0 amide bonds. The van der Waals surface area contributed by atoms with Crippen molar-refractivity contribution in [2.24, 2.45) is 0 Å². The summed E-state index contributed by atoms with van der Waals surface area (Å²) in [6, 6.07) is 11.7. The SMILES string of the molecule is OC(F)F.[B]C([B])(CN1CCCC1)c1c[nH]c2cccc(S(=O)Cc3ccc(F)cc3)c12. The highest BCUT2D eigenvalue weighted by atomic mass is 32.2. The molecule has 4 nitrogen and oxygen atoms in total. The number of aromatic nitrogens is 1. The number of fused-ring (bicyclic) bond motifs is 1. The Bertz CT molecular complexity index is 1050. The van der Waals surface area contributed by atoms with E-state index < -0.39 is 22.6 Å². The molecule has 2 aromatic carbocycles. The predicted octanol–water partition coefficient (Wildman–Crippen LogP) is 3.40. The minimum absolute atomic E-state index is 0.303. The van der Waals surface area contributed by atoms with Gasteiger partial charge in [0.2, 0.25) is 0 Å². The number of nitrogens with zero attached hydrogens (tertiary/aromatic N) is 1. The van der Waals surface area contributed by atoms with Gasteiger partial charge in [-0.25, -0.2) is 4.39 Å². The van der Waals surface area contributed by atoms with Gasteiger partial charge in [-0.3, -0.25) is 4.21 Å². The second kappa shape index (κ2) is 10.7. The minimum atomic E-state index is -3.17. The summed E-state index contributed by atoms with van der Waals surface area (Å²) in [7, 11) is 11.8.